The van der Waals surface area contributed by atoms with Gasteiger partial charge < -0.3 is 5.73 Å². The van der Waals surface area contributed by atoms with Crippen molar-refractivity contribution in [2.75, 3.05) is 5.73 Å². The van der Waals surface area contributed by atoms with Gasteiger partial charge in [-0.1, -0.05) is 6.42 Å². The second kappa shape index (κ2) is 5.47. The topological polar surface area (TPSA) is 94.9 Å². The summed E-state index contributed by atoms with van der Waals surface area (Å²) >= 11 is 0. The van der Waals surface area contributed by atoms with Gasteiger partial charge in [-0.2, -0.15) is 0 Å². The molecule has 0 saturated carbocycles. The summed E-state index contributed by atoms with van der Waals surface area (Å²) in [7, 11) is 0. The zero-order chi connectivity index (χ0) is 14.8. The zero-order valence-electron chi connectivity index (χ0n) is 11.6. The van der Waals surface area contributed by atoms with Crippen molar-refractivity contribution < 1.29 is 4.92 Å². The SMILES string of the molecule is Nc1nc(-c2ccc([N+](=O)[O-])cc2)nc2c1CCCCC2. The Kier molecular flexibility index (Phi) is 3.51. The molecule has 0 atom stereocenters. The van der Waals surface area contributed by atoms with Gasteiger partial charge in [0.05, 0.1) is 4.92 Å². The molecule has 21 heavy (non-hydrogen) atoms. The smallest absolute Gasteiger partial charge is 0.269 e. The Morgan fingerprint density at radius 1 is 1.05 bits per heavy atom. The highest BCUT2D eigenvalue weighted by molar-refractivity contribution is 5.60. The first-order valence-corrected chi connectivity index (χ1v) is 7.05. The number of aryl methyl sites for hydroxylation is 1. The van der Waals surface area contributed by atoms with Gasteiger partial charge in [0.25, 0.3) is 5.69 Å². The number of nitrogens with two attached hydrogens (primary N) is 1. The number of nitrogens with zero attached hydrogens (tertiary/aromatic N) is 3. The van der Waals surface area contributed by atoms with Crippen LogP contribution in [0.25, 0.3) is 11.4 Å². The van der Waals surface area contributed by atoms with Crippen LogP contribution in [-0.4, -0.2) is 14.9 Å². The minimum Gasteiger partial charge on any atom is -0.383 e. The van der Waals surface area contributed by atoms with Crippen LogP contribution in [0, 0.1) is 10.1 Å². The number of anilines is 1. The molecule has 0 radical (unpaired) electrons. The van der Waals surface area contributed by atoms with E-state index in [-0.39, 0.29) is 5.69 Å². The highest BCUT2D eigenvalue weighted by Crippen LogP contribution is 2.27. The predicted octanol–water partition coefficient (Wildman–Crippen LogP) is 2.90. The number of hydrogen-bond acceptors (Lipinski definition) is 5. The van der Waals surface area contributed by atoms with E-state index in [1.54, 1.807) is 12.1 Å². The van der Waals surface area contributed by atoms with Crippen LogP contribution in [0.1, 0.15) is 30.5 Å². The Labute approximate surface area is 122 Å². The van der Waals surface area contributed by atoms with Crippen LogP contribution < -0.4 is 5.73 Å². The number of hydrogen-bond donors (Lipinski definition) is 1. The fourth-order valence-corrected chi connectivity index (χ4v) is 2.66. The molecule has 1 heterocycles. The van der Waals surface area contributed by atoms with Gasteiger partial charge in [0.15, 0.2) is 5.82 Å². The number of fused-ring (bicyclic) bond motifs is 1. The second-order valence-corrected chi connectivity index (χ2v) is 5.22. The molecule has 1 aromatic carbocycles. The third-order valence-corrected chi connectivity index (χ3v) is 3.80. The molecule has 0 unspecified atom stereocenters. The van der Waals surface area contributed by atoms with Gasteiger partial charge >= 0.3 is 0 Å². The number of nitrogen functional groups attached to an aromatic ring is 1. The monoisotopic (exact) mass is 284 g/mol. The first-order chi connectivity index (χ1) is 10.1. The molecule has 1 aliphatic carbocycles. The predicted molar refractivity (Wildman–Crippen MR) is 79.8 cm³/mol. The maximum Gasteiger partial charge on any atom is 0.269 e. The number of aromatic nitrogens is 2. The second-order valence-electron chi connectivity index (χ2n) is 5.22. The Balaban J connectivity index is 2.00. The molecule has 2 N–H and O–H groups in total. The summed E-state index contributed by atoms with van der Waals surface area (Å²) in [5, 5.41) is 10.7. The lowest BCUT2D eigenvalue weighted by atomic mass is 10.1. The van der Waals surface area contributed by atoms with Gasteiger partial charge in [-0.05, 0) is 37.8 Å². The van der Waals surface area contributed by atoms with Crippen LogP contribution in [0.3, 0.4) is 0 Å². The molecule has 0 bridgehead atoms. The summed E-state index contributed by atoms with van der Waals surface area (Å²) in [5.74, 6) is 1.08. The van der Waals surface area contributed by atoms with E-state index in [1.807, 2.05) is 0 Å². The lowest BCUT2D eigenvalue weighted by molar-refractivity contribution is -0.384. The van der Waals surface area contributed by atoms with Crippen molar-refractivity contribution in [1.29, 1.82) is 0 Å². The summed E-state index contributed by atoms with van der Waals surface area (Å²) in [5.41, 5.74) is 8.96. The minimum absolute atomic E-state index is 0.0569. The molecule has 0 aliphatic heterocycles. The van der Waals surface area contributed by atoms with Crippen LogP contribution in [0.5, 0.6) is 0 Å². The largest absolute Gasteiger partial charge is 0.383 e. The maximum atomic E-state index is 10.7. The number of non-ortho nitro benzene ring substituents is 1. The Morgan fingerprint density at radius 2 is 1.76 bits per heavy atom. The van der Waals surface area contributed by atoms with Gasteiger partial charge in [-0.25, -0.2) is 9.97 Å². The fourth-order valence-electron chi connectivity index (χ4n) is 2.66. The molecule has 0 fully saturated rings. The molecule has 0 amide bonds. The van der Waals surface area contributed by atoms with E-state index in [2.05, 4.69) is 9.97 Å². The van der Waals surface area contributed by atoms with E-state index in [9.17, 15) is 10.1 Å². The van der Waals surface area contributed by atoms with E-state index in [0.717, 1.165) is 42.5 Å². The Bertz CT molecular complexity index is 683. The van der Waals surface area contributed by atoms with E-state index < -0.39 is 4.92 Å². The molecule has 2 aromatic rings. The highest BCUT2D eigenvalue weighted by Gasteiger charge is 2.16. The molecule has 6 heteroatoms. The van der Waals surface area contributed by atoms with Crippen molar-refractivity contribution in [2.45, 2.75) is 32.1 Å². The van der Waals surface area contributed by atoms with Crippen molar-refractivity contribution in [3.8, 4) is 11.4 Å². The lowest BCUT2D eigenvalue weighted by Crippen LogP contribution is -2.06. The molecular formula is C15H16N4O2. The lowest BCUT2D eigenvalue weighted by Gasteiger charge is -2.10. The standard InChI is InChI=1S/C15H16N4O2/c16-14-12-4-2-1-3-5-13(12)17-15(18-14)10-6-8-11(9-7-10)19(20)21/h6-9H,1-5H2,(H2,16,17,18). The summed E-state index contributed by atoms with van der Waals surface area (Å²) in [4.78, 5) is 19.3. The van der Waals surface area contributed by atoms with E-state index in [0.29, 0.717) is 11.6 Å². The van der Waals surface area contributed by atoms with Crippen LogP contribution in [-0.2, 0) is 12.8 Å². The average Bonchev–Trinajstić information content (AvgIpc) is 2.73. The summed E-state index contributed by atoms with van der Waals surface area (Å²) < 4.78 is 0. The van der Waals surface area contributed by atoms with Crippen molar-refractivity contribution in [1.82, 2.24) is 9.97 Å². The quantitative estimate of drug-likeness (QED) is 0.519. The highest BCUT2D eigenvalue weighted by atomic mass is 16.6. The van der Waals surface area contributed by atoms with Crippen molar-refractivity contribution in [2.24, 2.45) is 0 Å². The van der Waals surface area contributed by atoms with Crippen molar-refractivity contribution in [3.05, 3.63) is 45.6 Å². The maximum absolute atomic E-state index is 10.7. The molecular weight excluding hydrogens is 268 g/mol. The molecule has 6 nitrogen and oxygen atoms in total. The summed E-state index contributed by atoms with van der Waals surface area (Å²) in [6.45, 7) is 0. The van der Waals surface area contributed by atoms with Crippen LogP contribution in [0.4, 0.5) is 11.5 Å². The summed E-state index contributed by atoms with van der Waals surface area (Å²) in [6, 6.07) is 6.24. The number of rotatable bonds is 2. The van der Waals surface area contributed by atoms with Crippen LogP contribution >= 0.6 is 0 Å². The number of nitro groups is 1. The average molecular weight is 284 g/mol. The number of benzene rings is 1. The third-order valence-electron chi connectivity index (χ3n) is 3.80. The fraction of sp³-hybridized carbons (Fsp3) is 0.333. The molecule has 108 valence electrons. The molecule has 0 saturated heterocycles. The first-order valence-electron chi connectivity index (χ1n) is 7.05. The van der Waals surface area contributed by atoms with Crippen LogP contribution in [0.2, 0.25) is 0 Å². The molecule has 3 rings (SSSR count). The van der Waals surface area contributed by atoms with E-state index in [4.69, 9.17) is 5.73 Å². The van der Waals surface area contributed by atoms with Gasteiger partial charge in [0.2, 0.25) is 0 Å². The molecule has 1 aliphatic rings. The van der Waals surface area contributed by atoms with Gasteiger partial charge in [0.1, 0.15) is 5.82 Å². The first kappa shape index (κ1) is 13.5. The third kappa shape index (κ3) is 2.69. The van der Waals surface area contributed by atoms with E-state index >= 15 is 0 Å². The molecule has 1 aromatic heterocycles. The summed E-state index contributed by atoms with van der Waals surface area (Å²) in [6.07, 6.45) is 5.27. The van der Waals surface area contributed by atoms with E-state index in [1.165, 1.54) is 18.6 Å². The Morgan fingerprint density at radius 3 is 2.48 bits per heavy atom. The van der Waals surface area contributed by atoms with Crippen LogP contribution in [0.15, 0.2) is 24.3 Å². The van der Waals surface area contributed by atoms with Crippen molar-refractivity contribution >= 4 is 11.5 Å². The van der Waals surface area contributed by atoms with Gasteiger partial charge in [0, 0.05) is 29.0 Å². The molecule has 0 spiro atoms. The van der Waals surface area contributed by atoms with Crippen molar-refractivity contribution in [3.63, 3.8) is 0 Å². The normalized spacial score (nSPS) is 14.3. The van der Waals surface area contributed by atoms with Gasteiger partial charge in [-0.15, -0.1) is 0 Å². The number of nitro benzene ring substituents is 1. The zero-order valence-corrected chi connectivity index (χ0v) is 11.6. The minimum atomic E-state index is -0.421. The Hall–Kier alpha value is -2.50. The van der Waals surface area contributed by atoms with Gasteiger partial charge in [-0.3, -0.25) is 10.1 Å².